The molecule has 0 radical (unpaired) electrons. The third-order valence-corrected chi connectivity index (χ3v) is 5.24. The Labute approximate surface area is 187 Å². The van der Waals surface area contributed by atoms with Crippen molar-refractivity contribution in [2.24, 2.45) is 0 Å². The molecule has 0 atom stereocenters. The molecule has 0 saturated heterocycles. The van der Waals surface area contributed by atoms with Crippen LogP contribution >= 0.6 is 0 Å². The number of carboxylic acid groups (broad SMARTS) is 1. The number of benzene rings is 1. The molecule has 0 saturated carbocycles. The van der Waals surface area contributed by atoms with E-state index in [9.17, 15) is 15.0 Å². The van der Waals surface area contributed by atoms with Gasteiger partial charge in [0.15, 0.2) is 11.5 Å². The first-order valence-corrected chi connectivity index (χ1v) is 11.0. The molecule has 0 spiro atoms. The fourth-order valence-corrected chi connectivity index (χ4v) is 3.23. The molecule has 0 fully saturated rings. The van der Waals surface area contributed by atoms with Gasteiger partial charge in [-0.3, -0.25) is 0 Å². The van der Waals surface area contributed by atoms with Crippen molar-refractivity contribution in [3.63, 3.8) is 0 Å². The summed E-state index contributed by atoms with van der Waals surface area (Å²) in [5.74, 6) is -1.79. The van der Waals surface area contributed by atoms with Gasteiger partial charge in [0, 0.05) is 5.56 Å². The highest BCUT2D eigenvalue weighted by molar-refractivity contribution is 5.89. The van der Waals surface area contributed by atoms with Crippen molar-refractivity contribution in [2.75, 3.05) is 0 Å². The van der Waals surface area contributed by atoms with Gasteiger partial charge in [-0.2, -0.15) is 0 Å². The monoisotopic (exact) mass is 427 g/mol. The molecular formula is C27H38O4. The van der Waals surface area contributed by atoms with Crippen molar-refractivity contribution >= 4 is 5.97 Å². The van der Waals surface area contributed by atoms with E-state index in [1.807, 2.05) is 13.0 Å². The van der Waals surface area contributed by atoms with Gasteiger partial charge in [0.2, 0.25) is 0 Å². The second-order valence-corrected chi connectivity index (χ2v) is 8.56. The molecule has 31 heavy (non-hydrogen) atoms. The third-order valence-electron chi connectivity index (χ3n) is 5.24. The maximum Gasteiger partial charge on any atom is 0.335 e. The lowest BCUT2D eigenvalue weighted by atomic mass is 10.0. The Kier molecular flexibility index (Phi) is 11.5. The lowest BCUT2D eigenvalue weighted by Gasteiger charge is -2.07. The summed E-state index contributed by atoms with van der Waals surface area (Å²) in [6, 6.07) is 2.46. The zero-order valence-electron chi connectivity index (χ0n) is 19.7. The number of hydrogen-bond donors (Lipinski definition) is 3. The SMILES string of the molecule is CC(C)=CCC/C(C)=C/CC/C(C)=C/CC/C(C)=C/[13CH2]c1cc(C(=O)O)cc(O)c1O. The second-order valence-electron chi connectivity index (χ2n) is 8.56. The van der Waals surface area contributed by atoms with E-state index in [4.69, 9.17) is 5.11 Å². The number of phenols is 2. The van der Waals surface area contributed by atoms with E-state index in [1.165, 1.54) is 28.4 Å². The molecule has 0 unspecified atom stereocenters. The first-order chi connectivity index (χ1) is 14.6. The Balaban J connectivity index is 2.49. The normalized spacial score (nSPS) is 12.7. The molecule has 4 nitrogen and oxygen atoms in total. The van der Waals surface area contributed by atoms with E-state index in [2.05, 4.69) is 45.9 Å². The molecule has 0 aromatic heterocycles. The minimum Gasteiger partial charge on any atom is -0.504 e. The molecule has 170 valence electrons. The van der Waals surface area contributed by atoms with Crippen LogP contribution in [0.5, 0.6) is 11.5 Å². The summed E-state index contributed by atoms with van der Waals surface area (Å²) in [6.07, 6.45) is 15.5. The van der Waals surface area contributed by atoms with Crippen molar-refractivity contribution in [1.29, 1.82) is 0 Å². The lowest BCUT2D eigenvalue weighted by molar-refractivity contribution is 0.0696. The smallest absolute Gasteiger partial charge is 0.335 e. The minimum absolute atomic E-state index is 0.0314. The average Bonchev–Trinajstić information content (AvgIpc) is 2.68. The predicted molar refractivity (Wildman–Crippen MR) is 129 cm³/mol. The summed E-state index contributed by atoms with van der Waals surface area (Å²) in [5.41, 5.74) is 5.76. The van der Waals surface area contributed by atoms with Gasteiger partial charge in [-0.1, -0.05) is 46.6 Å². The highest BCUT2D eigenvalue weighted by atomic mass is 16.4. The van der Waals surface area contributed by atoms with Crippen LogP contribution in [0.3, 0.4) is 0 Å². The zero-order valence-corrected chi connectivity index (χ0v) is 19.7. The van der Waals surface area contributed by atoms with Gasteiger partial charge in [0.05, 0.1) is 5.56 Å². The molecule has 1 aromatic carbocycles. The second kappa shape index (κ2) is 13.5. The van der Waals surface area contributed by atoms with Gasteiger partial charge >= 0.3 is 5.97 Å². The average molecular weight is 428 g/mol. The molecule has 3 N–H and O–H groups in total. The molecule has 0 aliphatic rings. The van der Waals surface area contributed by atoms with Gasteiger partial charge in [-0.25, -0.2) is 4.79 Å². The standard InChI is InChI=1S/C27H38O4/c1-19(2)9-6-10-20(3)11-7-12-21(4)13-8-14-22(5)15-16-23-17-24(27(30)31)18-25(28)26(23)29/h9,11,13,15,17-18,28-29H,6-8,10,12,14,16H2,1-5H3,(H,30,31)/b20-11+,21-13+,22-15+/i16+1. The van der Waals surface area contributed by atoms with Crippen molar-refractivity contribution in [3.8, 4) is 11.5 Å². The number of carbonyl (C=O) groups is 1. The molecule has 0 heterocycles. The van der Waals surface area contributed by atoms with Crippen molar-refractivity contribution in [3.05, 3.63) is 69.9 Å². The number of allylic oxidation sites excluding steroid dienone is 8. The first-order valence-electron chi connectivity index (χ1n) is 11.0. The molecule has 0 aliphatic carbocycles. The van der Waals surface area contributed by atoms with Gasteiger partial charge in [0.1, 0.15) is 0 Å². The van der Waals surface area contributed by atoms with Crippen molar-refractivity contribution in [1.82, 2.24) is 0 Å². The fraction of sp³-hybridized carbons (Fsp3) is 0.444. The zero-order chi connectivity index (χ0) is 23.4. The highest BCUT2D eigenvalue weighted by Crippen LogP contribution is 2.31. The molecule has 0 amide bonds. The predicted octanol–water partition coefficient (Wildman–Crippen LogP) is 7.48. The van der Waals surface area contributed by atoms with Gasteiger partial charge < -0.3 is 15.3 Å². The molecule has 0 aliphatic heterocycles. The Morgan fingerprint density at radius 2 is 1.26 bits per heavy atom. The van der Waals surface area contributed by atoms with E-state index in [-0.39, 0.29) is 11.3 Å². The van der Waals surface area contributed by atoms with E-state index >= 15 is 0 Å². The van der Waals surface area contributed by atoms with Gasteiger partial charge in [0.25, 0.3) is 0 Å². The van der Waals surface area contributed by atoms with E-state index in [1.54, 1.807) is 0 Å². The fourth-order valence-electron chi connectivity index (χ4n) is 3.23. The van der Waals surface area contributed by atoms with Crippen molar-refractivity contribution < 1.29 is 20.1 Å². The lowest BCUT2D eigenvalue weighted by Crippen LogP contribution is -1.98. The Morgan fingerprint density at radius 3 is 1.74 bits per heavy atom. The Bertz CT molecular complexity index is 865. The molecular weight excluding hydrogens is 389 g/mol. The van der Waals surface area contributed by atoms with Crippen LogP contribution in [0.15, 0.2) is 58.7 Å². The number of aromatic hydroxyl groups is 2. The van der Waals surface area contributed by atoms with E-state index in [0.717, 1.165) is 44.6 Å². The summed E-state index contributed by atoms with van der Waals surface area (Å²) >= 11 is 0. The number of phenolic OH excluding ortho intramolecular Hbond substituents is 2. The van der Waals surface area contributed by atoms with Crippen LogP contribution < -0.4 is 0 Å². The topological polar surface area (TPSA) is 77.8 Å². The molecule has 1 aromatic rings. The summed E-state index contributed by atoms with van der Waals surface area (Å²) < 4.78 is 0. The van der Waals surface area contributed by atoms with Crippen LogP contribution in [-0.2, 0) is 6.42 Å². The summed E-state index contributed by atoms with van der Waals surface area (Å²) in [4.78, 5) is 11.1. The molecule has 1 rings (SSSR count). The number of aromatic carboxylic acids is 1. The van der Waals surface area contributed by atoms with E-state index < -0.39 is 11.7 Å². The van der Waals surface area contributed by atoms with Crippen LogP contribution in [0, 0.1) is 0 Å². The Morgan fingerprint density at radius 1 is 0.774 bits per heavy atom. The number of hydrogen-bond acceptors (Lipinski definition) is 3. The number of rotatable bonds is 12. The highest BCUT2D eigenvalue weighted by Gasteiger charge is 2.12. The van der Waals surface area contributed by atoms with Crippen LogP contribution in [-0.4, -0.2) is 21.3 Å². The summed E-state index contributed by atoms with van der Waals surface area (Å²) in [5, 5.41) is 28.8. The third kappa shape index (κ3) is 10.7. The largest absolute Gasteiger partial charge is 0.504 e. The maximum atomic E-state index is 11.1. The summed E-state index contributed by atoms with van der Waals surface area (Å²) in [7, 11) is 0. The van der Waals surface area contributed by atoms with Crippen LogP contribution in [0.4, 0.5) is 0 Å². The minimum atomic E-state index is -1.13. The first kappa shape index (κ1) is 26.3. The number of carboxylic acids is 1. The maximum absolute atomic E-state index is 11.1. The summed E-state index contributed by atoms with van der Waals surface area (Å²) in [6.45, 7) is 10.7. The van der Waals surface area contributed by atoms with Crippen LogP contribution in [0.2, 0.25) is 0 Å². The van der Waals surface area contributed by atoms with Crippen LogP contribution in [0.25, 0.3) is 0 Å². The van der Waals surface area contributed by atoms with Gasteiger partial charge in [-0.15, -0.1) is 0 Å². The quantitative estimate of drug-likeness (QED) is 0.183. The Hall–Kier alpha value is -2.75. The van der Waals surface area contributed by atoms with Gasteiger partial charge in [-0.05, 0) is 91.7 Å². The van der Waals surface area contributed by atoms with Crippen molar-refractivity contribution in [2.45, 2.75) is 79.6 Å². The van der Waals surface area contributed by atoms with E-state index in [0.29, 0.717) is 12.0 Å². The molecule has 4 heteroatoms. The van der Waals surface area contributed by atoms with Crippen LogP contribution in [0.1, 0.15) is 89.1 Å². The molecule has 0 bridgehead atoms.